The van der Waals surface area contributed by atoms with Gasteiger partial charge in [0, 0.05) is 19.5 Å². The van der Waals surface area contributed by atoms with E-state index in [-0.39, 0.29) is 0 Å². The third-order valence-electron chi connectivity index (χ3n) is 2.95. The SMILES string of the molecule is C#CCNCCn1c(CCC)nc2ccccc21. The van der Waals surface area contributed by atoms with Gasteiger partial charge >= 0.3 is 0 Å². The fraction of sp³-hybridized carbons (Fsp3) is 0.400. The molecule has 2 rings (SSSR count). The van der Waals surface area contributed by atoms with Crippen molar-refractivity contribution in [2.75, 3.05) is 13.1 Å². The molecule has 0 aliphatic rings. The topological polar surface area (TPSA) is 29.9 Å². The zero-order valence-corrected chi connectivity index (χ0v) is 10.8. The Kier molecular flexibility index (Phi) is 4.38. The Morgan fingerprint density at radius 3 is 3.00 bits per heavy atom. The number of nitrogens with zero attached hydrogens (tertiary/aromatic N) is 2. The van der Waals surface area contributed by atoms with E-state index < -0.39 is 0 Å². The molecule has 1 heterocycles. The van der Waals surface area contributed by atoms with Crippen LogP contribution in [0.15, 0.2) is 24.3 Å². The van der Waals surface area contributed by atoms with Crippen molar-refractivity contribution in [3.05, 3.63) is 30.1 Å². The van der Waals surface area contributed by atoms with Crippen LogP contribution in [0.1, 0.15) is 19.2 Å². The largest absolute Gasteiger partial charge is 0.327 e. The summed E-state index contributed by atoms with van der Waals surface area (Å²) in [5.74, 6) is 3.76. The molecule has 0 aliphatic carbocycles. The van der Waals surface area contributed by atoms with E-state index in [1.165, 1.54) is 11.3 Å². The number of aryl methyl sites for hydroxylation is 1. The number of benzene rings is 1. The van der Waals surface area contributed by atoms with Gasteiger partial charge in [-0.05, 0) is 18.6 Å². The zero-order chi connectivity index (χ0) is 12.8. The summed E-state index contributed by atoms with van der Waals surface area (Å²) in [6.07, 6.45) is 7.35. The molecular formula is C15H19N3. The van der Waals surface area contributed by atoms with E-state index in [1.807, 2.05) is 6.07 Å². The van der Waals surface area contributed by atoms with Crippen molar-refractivity contribution in [2.45, 2.75) is 26.3 Å². The molecule has 3 heteroatoms. The van der Waals surface area contributed by atoms with Crippen LogP contribution in [0, 0.1) is 12.3 Å². The molecule has 18 heavy (non-hydrogen) atoms. The molecule has 0 bridgehead atoms. The predicted molar refractivity (Wildman–Crippen MR) is 75.4 cm³/mol. The molecular weight excluding hydrogens is 222 g/mol. The van der Waals surface area contributed by atoms with Gasteiger partial charge in [0.25, 0.3) is 0 Å². The molecule has 0 spiro atoms. The zero-order valence-electron chi connectivity index (χ0n) is 10.8. The van der Waals surface area contributed by atoms with E-state index in [0.717, 1.165) is 31.4 Å². The summed E-state index contributed by atoms with van der Waals surface area (Å²) < 4.78 is 2.29. The van der Waals surface area contributed by atoms with Crippen molar-refractivity contribution in [3.8, 4) is 12.3 Å². The lowest BCUT2D eigenvalue weighted by atomic mass is 10.3. The minimum Gasteiger partial charge on any atom is -0.327 e. The average molecular weight is 241 g/mol. The number of terminal acetylenes is 1. The number of nitrogens with one attached hydrogen (secondary N) is 1. The van der Waals surface area contributed by atoms with E-state index in [9.17, 15) is 0 Å². The molecule has 0 saturated heterocycles. The maximum Gasteiger partial charge on any atom is 0.109 e. The Hall–Kier alpha value is -1.79. The first-order valence-electron chi connectivity index (χ1n) is 6.45. The van der Waals surface area contributed by atoms with E-state index in [2.05, 4.69) is 40.9 Å². The molecule has 1 aromatic heterocycles. The number of rotatable bonds is 6. The number of fused-ring (bicyclic) bond motifs is 1. The molecule has 0 amide bonds. The maximum atomic E-state index is 5.22. The summed E-state index contributed by atoms with van der Waals surface area (Å²) in [6, 6.07) is 8.29. The van der Waals surface area contributed by atoms with Gasteiger partial charge in [0.1, 0.15) is 5.82 Å². The molecule has 1 N–H and O–H groups in total. The second kappa shape index (κ2) is 6.23. The standard InChI is InChI=1S/C15H19N3/c1-3-7-15-17-13-8-5-6-9-14(13)18(15)12-11-16-10-4-2/h2,5-6,8-9,16H,3,7,10-12H2,1H3. The summed E-state index contributed by atoms with van der Waals surface area (Å²) in [6.45, 7) is 4.59. The van der Waals surface area contributed by atoms with Gasteiger partial charge in [-0.2, -0.15) is 0 Å². The Labute approximate surface area is 108 Å². The second-order valence-electron chi connectivity index (χ2n) is 4.30. The number of imidazole rings is 1. The molecule has 0 aliphatic heterocycles. The Morgan fingerprint density at radius 2 is 2.22 bits per heavy atom. The average Bonchev–Trinajstić information content (AvgIpc) is 2.73. The molecule has 3 nitrogen and oxygen atoms in total. The molecule has 0 unspecified atom stereocenters. The third-order valence-corrected chi connectivity index (χ3v) is 2.95. The van der Waals surface area contributed by atoms with Crippen molar-refractivity contribution in [1.29, 1.82) is 0 Å². The molecule has 94 valence electrons. The molecule has 1 aromatic carbocycles. The van der Waals surface area contributed by atoms with E-state index >= 15 is 0 Å². The predicted octanol–water partition coefficient (Wildman–Crippen LogP) is 2.21. The highest BCUT2D eigenvalue weighted by molar-refractivity contribution is 5.75. The van der Waals surface area contributed by atoms with Crippen LogP contribution in [0.3, 0.4) is 0 Å². The highest BCUT2D eigenvalue weighted by atomic mass is 15.1. The first-order valence-corrected chi connectivity index (χ1v) is 6.45. The number of hydrogen-bond donors (Lipinski definition) is 1. The van der Waals surface area contributed by atoms with Crippen LogP contribution < -0.4 is 5.32 Å². The highest BCUT2D eigenvalue weighted by Crippen LogP contribution is 2.16. The second-order valence-corrected chi connectivity index (χ2v) is 4.30. The lowest BCUT2D eigenvalue weighted by Crippen LogP contribution is -2.21. The normalized spacial score (nSPS) is 10.7. The van der Waals surface area contributed by atoms with Gasteiger partial charge in [-0.15, -0.1) is 6.42 Å². The summed E-state index contributed by atoms with van der Waals surface area (Å²) in [5, 5.41) is 3.22. The van der Waals surface area contributed by atoms with Crippen LogP contribution in [0.4, 0.5) is 0 Å². The van der Waals surface area contributed by atoms with E-state index in [1.54, 1.807) is 0 Å². The van der Waals surface area contributed by atoms with Crippen molar-refractivity contribution < 1.29 is 0 Å². The maximum absolute atomic E-state index is 5.22. The first kappa shape index (κ1) is 12.7. The lowest BCUT2D eigenvalue weighted by molar-refractivity contribution is 0.611. The number of aromatic nitrogens is 2. The Balaban J connectivity index is 2.22. The molecule has 0 atom stereocenters. The number of hydrogen-bond acceptors (Lipinski definition) is 2. The fourth-order valence-electron chi connectivity index (χ4n) is 2.14. The van der Waals surface area contributed by atoms with Gasteiger partial charge in [0.2, 0.25) is 0 Å². The van der Waals surface area contributed by atoms with E-state index in [4.69, 9.17) is 11.4 Å². The van der Waals surface area contributed by atoms with Gasteiger partial charge in [-0.25, -0.2) is 4.98 Å². The van der Waals surface area contributed by atoms with Gasteiger partial charge in [-0.3, -0.25) is 0 Å². The smallest absolute Gasteiger partial charge is 0.109 e. The minimum atomic E-state index is 0.621. The summed E-state index contributed by atoms with van der Waals surface area (Å²) in [4.78, 5) is 4.70. The molecule has 2 aromatic rings. The van der Waals surface area contributed by atoms with Crippen LogP contribution in [-0.2, 0) is 13.0 Å². The monoisotopic (exact) mass is 241 g/mol. The molecule has 0 fully saturated rings. The van der Waals surface area contributed by atoms with Crippen LogP contribution in [0.2, 0.25) is 0 Å². The third kappa shape index (κ3) is 2.72. The van der Waals surface area contributed by atoms with Crippen molar-refractivity contribution in [3.63, 3.8) is 0 Å². The van der Waals surface area contributed by atoms with Crippen molar-refractivity contribution >= 4 is 11.0 Å². The Morgan fingerprint density at radius 1 is 1.39 bits per heavy atom. The van der Waals surface area contributed by atoms with Crippen LogP contribution >= 0.6 is 0 Å². The van der Waals surface area contributed by atoms with Crippen LogP contribution in [0.25, 0.3) is 11.0 Å². The van der Waals surface area contributed by atoms with Crippen LogP contribution in [0.5, 0.6) is 0 Å². The minimum absolute atomic E-state index is 0.621. The van der Waals surface area contributed by atoms with Gasteiger partial charge in [0.15, 0.2) is 0 Å². The van der Waals surface area contributed by atoms with E-state index in [0.29, 0.717) is 6.54 Å². The van der Waals surface area contributed by atoms with Gasteiger partial charge in [-0.1, -0.05) is 25.0 Å². The molecule has 0 radical (unpaired) electrons. The fourth-order valence-corrected chi connectivity index (χ4v) is 2.14. The van der Waals surface area contributed by atoms with Crippen molar-refractivity contribution in [1.82, 2.24) is 14.9 Å². The quantitative estimate of drug-likeness (QED) is 0.621. The summed E-state index contributed by atoms with van der Waals surface area (Å²) >= 11 is 0. The first-order chi connectivity index (χ1) is 8.86. The lowest BCUT2D eigenvalue weighted by Gasteiger charge is -2.08. The van der Waals surface area contributed by atoms with Gasteiger partial charge < -0.3 is 9.88 Å². The number of para-hydroxylation sites is 2. The highest BCUT2D eigenvalue weighted by Gasteiger charge is 2.08. The van der Waals surface area contributed by atoms with Crippen LogP contribution in [-0.4, -0.2) is 22.6 Å². The Bertz CT molecular complexity index is 548. The summed E-state index contributed by atoms with van der Waals surface area (Å²) in [5.41, 5.74) is 2.29. The van der Waals surface area contributed by atoms with Gasteiger partial charge in [0.05, 0.1) is 17.6 Å². The summed E-state index contributed by atoms with van der Waals surface area (Å²) in [7, 11) is 0. The van der Waals surface area contributed by atoms with Crippen molar-refractivity contribution in [2.24, 2.45) is 0 Å². The molecule has 0 saturated carbocycles.